The summed E-state index contributed by atoms with van der Waals surface area (Å²) >= 11 is 0. The largest absolute Gasteiger partial charge is 0.257 e. The summed E-state index contributed by atoms with van der Waals surface area (Å²) in [6.45, 7) is 0. The highest BCUT2D eigenvalue weighted by Crippen LogP contribution is 2.16. The van der Waals surface area contributed by atoms with Gasteiger partial charge >= 0.3 is 0 Å². The van der Waals surface area contributed by atoms with Gasteiger partial charge in [0.2, 0.25) is 0 Å². The lowest BCUT2D eigenvalue weighted by Gasteiger charge is -2.02. The van der Waals surface area contributed by atoms with Crippen LogP contribution >= 0.6 is 0 Å². The van der Waals surface area contributed by atoms with E-state index in [2.05, 4.69) is 4.98 Å². The van der Waals surface area contributed by atoms with E-state index >= 15 is 0 Å². The molecule has 0 aliphatic heterocycles. The van der Waals surface area contributed by atoms with E-state index in [-0.39, 0.29) is 4.90 Å². The van der Waals surface area contributed by atoms with E-state index in [0.29, 0.717) is 5.52 Å². The van der Waals surface area contributed by atoms with Crippen molar-refractivity contribution in [2.45, 2.75) is 4.90 Å². The molecule has 15 heavy (non-hydrogen) atoms. The number of nitrogens with zero attached hydrogens (tertiary/aromatic N) is 1. The van der Waals surface area contributed by atoms with Crippen LogP contribution in [0.2, 0.25) is 0 Å². The normalized spacial score (nSPS) is 11.8. The number of nitrogens with two attached hydrogens (primary N) is 1. The predicted octanol–water partition coefficient (Wildman–Crippen LogP) is 0.387. The lowest BCUT2D eigenvalue weighted by molar-refractivity contribution is 0.584. The maximum absolute atomic E-state index is 11.4. The molecular weight excluding hydrogens is 214 g/mol. The van der Waals surface area contributed by atoms with Crippen molar-refractivity contribution in [3.05, 3.63) is 36.5 Å². The Kier molecular flexibility index (Phi) is 2.39. The molecule has 1 aromatic carbocycles. The number of benzene rings is 1. The highest BCUT2D eigenvalue weighted by molar-refractivity contribution is 7.89. The van der Waals surface area contributed by atoms with Gasteiger partial charge in [-0.25, -0.2) is 8.42 Å². The predicted molar refractivity (Wildman–Crippen MR) is 56.3 cm³/mol. The van der Waals surface area contributed by atoms with Crippen molar-refractivity contribution < 1.29 is 8.42 Å². The van der Waals surface area contributed by atoms with Crippen LogP contribution in [0.15, 0.2) is 41.4 Å². The number of pyridine rings is 1. The first-order valence-corrected chi connectivity index (χ1v) is 5.69. The average molecular weight is 223 g/mol. The Morgan fingerprint density at radius 2 is 2.07 bits per heavy atom. The summed E-state index contributed by atoms with van der Waals surface area (Å²) in [6.07, 6.45) is 1.61. The second kappa shape index (κ2) is 3.58. The summed E-state index contributed by atoms with van der Waals surface area (Å²) in [5.41, 5.74) is 0.619. The highest BCUT2D eigenvalue weighted by atomic mass is 32.2. The molecule has 2 aromatic rings. The minimum absolute atomic E-state index is 0.108. The van der Waals surface area contributed by atoms with Crippen LogP contribution in [-0.2, 0) is 10.0 Å². The topological polar surface area (TPSA) is 85.1 Å². The molecule has 3 N–H and O–H groups in total. The maximum atomic E-state index is 11.4. The van der Waals surface area contributed by atoms with E-state index in [9.17, 15) is 8.42 Å². The van der Waals surface area contributed by atoms with Crippen LogP contribution in [0, 0.1) is 0 Å². The molecule has 0 aliphatic rings. The zero-order valence-electron chi connectivity index (χ0n) is 7.71. The standard InChI is InChI=1S/C9H9N3O2S/c10-12-15(13,14)8-4-3-7-2-1-5-11-9(7)6-8/h1-6,12H,10H2. The first kappa shape index (κ1) is 10.0. The van der Waals surface area contributed by atoms with Crippen LogP contribution in [0.5, 0.6) is 0 Å². The van der Waals surface area contributed by atoms with E-state index in [1.807, 2.05) is 6.07 Å². The van der Waals surface area contributed by atoms with E-state index in [4.69, 9.17) is 5.84 Å². The summed E-state index contributed by atoms with van der Waals surface area (Å²) in [4.78, 5) is 5.93. The number of hydrazine groups is 1. The highest BCUT2D eigenvalue weighted by Gasteiger charge is 2.11. The zero-order valence-corrected chi connectivity index (χ0v) is 8.53. The molecule has 0 aliphatic carbocycles. The van der Waals surface area contributed by atoms with Crippen molar-refractivity contribution in [2.75, 3.05) is 0 Å². The number of fused-ring (bicyclic) bond motifs is 1. The molecule has 0 spiro atoms. The van der Waals surface area contributed by atoms with Crippen molar-refractivity contribution in [1.82, 2.24) is 9.82 Å². The first-order valence-electron chi connectivity index (χ1n) is 4.21. The first-order chi connectivity index (χ1) is 7.13. The maximum Gasteiger partial charge on any atom is 0.253 e. The molecule has 6 heteroatoms. The number of hydrogen-bond donors (Lipinski definition) is 2. The van der Waals surface area contributed by atoms with Gasteiger partial charge in [-0.2, -0.15) is 4.83 Å². The minimum Gasteiger partial charge on any atom is -0.257 e. The Hall–Kier alpha value is -1.50. The molecule has 2 rings (SSSR count). The molecule has 78 valence electrons. The molecular formula is C9H9N3O2S. The molecule has 0 bridgehead atoms. The molecule has 0 saturated heterocycles. The molecule has 1 aromatic heterocycles. The fourth-order valence-corrected chi connectivity index (χ4v) is 1.93. The minimum atomic E-state index is -3.60. The van der Waals surface area contributed by atoms with Crippen molar-refractivity contribution in [3.8, 4) is 0 Å². The van der Waals surface area contributed by atoms with Gasteiger partial charge in [0.1, 0.15) is 0 Å². The summed E-state index contributed by atoms with van der Waals surface area (Å²) < 4.78 is 22.8. The van der Waals surface area contributed by atoms with Gasteiger partial charge in [0.15, 0.2) is 0 Å². The van der Waals surface area contributed by atoms with Gasteiger partial charge < -0.3 is 0 Å². The third-order valence-corrected chi connectivity index (χ3v) is 3.23. The SMILES string of the molecule is NNS(=O)(=O)c1ccc2cccnc2c1. The Labute approximate surface area is 87.0 Å². The number of aromatic nitrogens is 1. The van der Waals surface area contributed by atoms with Gasteiger partial charge in [0.25, 0.3) is 10.0 Å². The lowest BCUT2D eigenvalue weighted by Crippen LogP contribution is -2.30. The van der Waals surface area contributed by atoms with Crippen LogP contribution in [-0.4, -0.2) is 13.4 Å². The number of sulfonamides is 1. The van der Waals surface area contributed by atoms with E-state index in [0.717, 1.165) is 5.39 Å². The molecule has 1 heterocycles. The van der Waals surface area contributed by atoms with E-state index in [1.165, 1.54) is 12.1 Å². The number of nitrogens with one attached hydrogen (secondary N) is 1. The molecule has 5 nitrogen and oxygen atoms in total. The molecule has 0 unspecified atom stereocenters. The summed E-state index contributed by atoms with van der Waals surface area (Å²) in [6, 6.07) is 8.29. The number of hydrogen-bond acceptors (Lipinski definition) is 4. The van der Waals surface area contributed by atoms with Gasteiger partial charge in [0, 0.05) is 11.6 Å². The lowest BCUT2D eigenvalue weighted by atomic mass is 10.2. The van der Waals surface area contributed by atoms with Gasteiger partial charge in [-0.3, -0.25) is 10.8 Å². The van der Waals surface area contributed by atoms with Crippen LogP contribution < -0.4 is 10.7 Å². The quantitative estimate of drug-likeness (QED) is 0.569. The molecule has 0 saturated carbocycles. The van der Waals surface area contributed by atoms with Gasteiger partial charge in [0.05, 0.1) is 10.4 Å². The zero-order chi connectivity index (χ0) is 10.9. The monoisotopic (exact) mass is 223 g/mol. The fourth-order valence-electron chi connectivity index (χ4n) is 1.28. The third-order valence-electron chi connectivity index (χ3n) is 2.04. The molecule has 0 fully saturated rings. The average Bonchev–Trinajstić information content (AvgIpc) is 2.28. The van der Waals surface area contributed by atoms with E-state index in [1.54, 1.807) is 23.2 Å². The Bertz CT molecular complexity index is 595. The fraction of sp³-hybridized carbons (Fsp3) is 0. The third kappa shape index (κ3) is 1.82. The Balaban J connectivity index is 2.67. The molecule has 0 amide bonds. The Morgan fingerprint density at radius 3 is 2.80 bits per heavy atom. The Morgan fingerprint density at radius 1 is 1.27 bits per heavy atom. The van der Waals surface area contributed by atoms with Crippen molar-refractivity contribution in [2.24, 2.45) is 5.84 Å². The van der Waals surface area contributed by atoms with Gasteiger partial charge in [-0.15, -0.1) is 0 Å². The van der Waals surface area contributed by atoms with E-state index < -0.39 is 10.0 Å². The second-order valence-electron chi connectivity index (χ2n) is 2.98. The summed E-state index contributed by atoms with van der Waals surface area (Å²) in [5.74, 6) is 4.92. The number of rotatable bonds is 2. The van der Waals surface area contributed by atoms with Gasteiger partial charge in [-0.05, 0) is 18.2 Å². The molecule has 0 radical (unpaired) electrons. The van der Waals surface area contributed by atoms with Crippen molar-refractivity contribution in [3.63, 3.8) is 0 Å². The van der Waals surface area contributed by atoms with Crippen LogP contribution in [0.1, 0.15) is 0 Å². The molecule has 0 atom stereocenters. The summed E-state index contributed by atoms with van der Waals surface area (Å²) in [7, 11) is -3.60. The van der Waals surface area contributed by atoms with Crippen molar-refractivity contribution in [1.29, 1.82) is 0 Å². The van der Waals surface area contributed by atoms with Crippen LogP contribution in [0.25, 0.3) is 10.9 Å². The van der Waals surface area contributed by atoms with Gasteiger partial charge in [-0.1, -0.05) is 12.1 Å². The smallest absolute Gasteiger partial charge is 0.253 e. The summed E-state index contributed by atoms with van der Waals surface area (Å²) in [5, 5.41) is 0.883. The van der Waals surface area contributed by atoms with Crippen LogP contribution in [0.3, 0.4) is 0 Å². The van der Waals surface area contributed by atoms with Crippen molar-refractivity contribution >= 4 is 20.9 Å². The second-order valence-corrected chi connectivity index (χ2v) is 4.69. The van der Waals surface area contributed by atoms with Crippen LogP contribution in [0.4, 0.5) is 0 Å².